The van der Waals surface area contributed by atoms with Crippen LogP contribution in [0.5, 0.6) is 11.5 Å². The van der Waals surface area contributed by atoms with Crippen molar-refractivity contribution in [2.45, 2.75) is 0 Å². The molecule has 0 radical (unpaired) electrons. The summed E-state index contributed by atoms with van der Waals surface area (Å²) >= 11 is 0. The maximum Gasteiger partial charge on any atom is 0.166 e. The molecule has 0 atom stereocenters. The first-order chi connectivity index (χ1) is 9.26. The maximum absolute atomic E-state index is 5.77. The van der Waals surface area contributed by atoms with Gasteiger partial charge in [0.05, 0.1) is 7.11 Å². The summed E-state index contributed by atoms with van der Waals surface area (Å²) in [5, 5.41) is 0. The Morgan fingerprint density at radius 1 is 1.21 bits per heavy atom. The number of nitrogen functional groups attached to an aromatic ring is 1. The fourth-order valence-corrected chi connectivity index (χ4v) is 1.77. The summed E-state index contributed by atoms with van der Waals surface area (Å²) in [5.41, 5.74) is 13.0. The van der Waals surface area contributed by atoms with Crippen molar-refractivity contribution in [3.63, 3.8) is 0 Å². The summed E-state index contributed by atoms with van der Waals surface area (Å²) in [6.45, 7) is 0.833. The van der Waals surface area contributed by atoms with E-state index in [9.17, 15) is 0 Å². The van der Waals surface area contributed by atoms with Crippen LogP contribution in [-0.2, 0) is 0 Å². The minimum absolute atomic E-state index is 0.354. The van der Waals surface area contributed by atoms with Crippen molar-refractivity contribution in [1.29, 1.82) is 0 Å². The lowest BCUT2D eigenvalue weighted by molar-refractivity contribution is 0.329. The van der Waals surface area contributed by atoms with E-state index in [2.05, 4.69) is 4.98 Å². The average Bonchev–Trinajstić information content (AvgIpc) is 2.46. The molecule has 0 spiro atoms. The minimum atomic E-state index is 0.354. The van der Waals surface area contributed by atoms with Gasteiger partial charge in [-0.1, -0.05) is 18.2 Å². The van der Waals surface area contributed by atoms with Gasteiger partial charge in [-0.05, 0) is 12.1 Å². The number of rotatable bonds is 5. The second-order valence-corrected chi connectivity index (χ2v) is 3.94. The Kier molecular flexibility index (Phi) is 4.20. The fraction of sp³-hybridized carbons (Fsp3) is 0.214. The molecule has 4 N–H and O–H groups in total. The van der Waals surface area contributed by atoms with Gasteiger partial charge in [0.15, 0.2) is 11.6 Å². The lowest BCUT2D eigenvalue weighted by Crippen LogP contribution is -2.11. The van der Waals surface area contributed by atoms with Gasteiger partial charge in [0, 0.05) is 23.9 Å². The summed E-state index contributed by atoms with van der Waals surface area (Å²) in [4.78, 5) is 4.14. The number of aromatic nitrogens is 1. The van der Waals surface area contributed by atoms with Gasteiger partial charge in [-0.3, -0.25) is 0 Å². The van der Waals surface area contributed by atoms with Gasteiger partial charge in [-0.25, -0.2) is 4.98 Å². The molecule has 0 aliphatic carbocycles. The number of nitrogens with two attached hydrogens (primary N) is 2. The van der Waals surface area contributed by atoms with Gasteiger partial charge < -0.3 is 20.9 Å². The average molecular weight is 259 g/mol. The smallest absolute Gasteiger partial charge is 0.166 e. The van der Waals surface area contributed by atoms with Crippen molar-refractivity contribution < 1.29 is 9.47 Å². The predicted octanol–water partition coefficient (Wildman–Crippen LogP) is 1.68. The van der Waals surface area contributed by atoms with Crippen LogP contribution in [0.3, 0.4) is 0 Å². The van der Waals surface area contributed by atoms with E-state index in [-0.39, 0.29) is 0 Å². The zero-order valence-corrected chi connectivity index (χ0v) is 10.8. The third-order valence-corrected chi connectivity index (χ3v) is 2.68. The van der Waals surface area contributed by atoms with Crippen LogP contribution < -0.4 is 20.9 Å². The molecule has 1 aromatic heterocycles. The molecule has 5 nitrogen and oxygen atoms in total. The molecule has 5 heteroatoms. The normalized spacial score (nSPS) is 10.2. The van der Waals surface area contributed by atoms with E-state index in [1.54, 1.807) is 13.3 Å². The molecule has 1 aromatic carbocycles. The van der Waals surface area contributed by atoms with Crippen molar-refractivity contribution in [1.82, 2.24) is 4.98 Å². The molecule has 2 rings (SSSR count). The summed E-state index contributed by atoms with van der Waals surface area (Å²) < 4.78 is 10.8. The van der Waals surface area contributed by atoms with Crippen LogP contribution in [0.25, 0.3) is 11.1 Å². The highest BCUT2D eigenvalue weighted by Crippen LogP contribution is 2.32. The predicted molar refractivity (Wildman–Crippen MR) is 75.2 cm³/mol. The van der Waals surface area contributed by atoms with Crippen LogP contribution >= 0.6 is 0 Å². The molecule has 0 fully saturated rings. The molecule has 100 valence electrons. The van der Waals surface area contributed by atoms with E-state index in [1.807, 2.05) is 30.3 Å². The van der Waals surface area contributed by atoms with Gasteiger partial charge in [-0.15, -0.1) is 0 Å². The number of anilines is 1. The Hall–Kier alpha value is -2.27. The number of nitrogens with zero attached hydrogens (tertiary/aromatic N) is 1. The lowest BCUT2D eigenvalue weighted by Gasteiger charge is -2.11. The van der Waals surface area contributed by atoms with Crippen LogP contribution in [0.1, 0.15) is 0 Å². The van der Waals surface area contributed by atoms with Gasteiger partial charge >= 0.3 is 0 Å². The number of ether oxygens (including phenoxy) is 2. The molecule has 1 heterocycles. The van der Waals surface area contributed by atoms with Crippen molar-refractivity contribution in [3.8, 4) is 22.6 Å². The minimum Gasteiger partial charge on any atom is -0.496 e. The van der Waals surface area contributed by atoms with Crippen molar-refractivity contribution in [2.24, 2.45) is 5.73 Å². The largest absolute Gasteiger partial charge is 0.496 e. The van der Waals surface area contributed by atoms with E-state index in [0.29, 0.717) is 24.7 Å². The fourth-order valence-electron chi connectivity index (χ4n) is 1.77. The van der Waals surface area contributed by atoms with Crippen LogP contribution in [0.2, 0.25) is 0 Å². The topological polar surface area (TPSA) is 83.4 Å². The molecule has 0 saturated heterocycles. The lowest BCUT2D eigenvalue weighted by atomic mass is 10.1. The standard InChI is InChI=1S/C14H17N3O2/c1-18-12-5-3-2-4-11(12)10-8-13(19-7-6-15)14(16)17-9-10/h2-5,8-9H,6-7,15H2,1H3,(H2,16,17). The number of para-hydroxylation sites is 1. The number of hydrogen-bond acceptors (Lipinski definition) is 5. The molecule has 0 unspecified atom stereocenters. The quantitative estimate of drug-likeness (QED) is 0.853. The van der Waals surface area contributed by atoms with Crippen LogP contribution in [0.15, 0.2) is 36.5 Å². The Bertz CT molecular complexity index is 558. The van der Waals surface area contributed by atoms with Gasteiger partial charge in [0.25, 0.3) is 0 Å². The molecule has 2 aromatic rings. The molecule has 0 saturated carbocycles. The van der Waals surface area contributed by atoms with Crippen LogP contribution in [0.4, 0.5) is 5.82 Å². The van der Waals surface area contributed by atoms with E-state index in [0.717, 1.165) is 16.9 Å². The summed E-state index contributed by atoms with van der Waals surface area (Å²) in [5.74, 6) is 1.67. The van der Waals surface area contributed by atoms with E-state index < -0.39 is 0 Å². The van der Waals surface area contributed by atoms with Crippen LogP contribution in [0, 0.1) is 0 Å². The van der Waals surface area contributed by atoms with Gasteiger partial charge in [-0.2, -0.15) is 0 Å². The van der Waals surface area contributed by atoms with Crippen molar-refractivity contribution in [3.05, 3.63) is 36.5 Å². The SMILES string of the molecule is COc1ccccc1-c1cnc(N)c(OCCN)c1. The highest BCUT2D eigenvalue weighted by molar-refractivity contribution is 5.72. The number of methoxy groups -OCH3 is 1. The van der Waals surface area contributed by atoms with E-state index in [1.165, 1.54) is 0 Å². The number of benzene rings is 1. The number of hydrogen-bond donors (Lipinski definition) is 2. The Morgan fingerprint density at radius 2 is 2.00 bits per heavy atom. The summed E-state index contributed by atoms with van der Waals surface area (Å²) in [7, 11) is 1.63. The van der Waals surface area contributed by atoms with Gasteiger partial charge in [0.1, 0.15) is 12.4 Å². The zero-order chi connectivity index (χ0) is 13.7. The third-order valence-electron chi connectivity index (χ3n) is 2.68. The molecular weight excluding hydrogens is 242 g/mol. The Morgan fingerprint density at radius 3 is 2.74 bits per heavy atom. The van der Waals surface area contributed by atoms with E-state index in [4.69, 9.17) is 20.9 Å². The second kappa shape index (κ2) is 6.06. The summed E-state index contributed by atoms with van der Waals surface area (Å²) in [6, 6.07) is 9.55. The highest BCUT2D eigenvalue weighted by atomic mass is 16.5. The Labute approximate surface area is 112 Å². The van der Waals surface area contributed by atoms with Crippen molar-refractivity contribution in [2.75, 3.05) is 26.0 Å². The molecule has 0 aliphatic rings. The van der Waals surface area contributed by atoms with Crippen molar-refractivity contribution >= 4 is 5.82 Å². The molecule has 0 aliphatic heterocycles. The molecule has 0 amide bonds. The Balaban J connectivity index is 2.39. The summed E-state index contributed by atoms with van der Waals surface area (Å²) in [6.07, 6.45) is 1.70. The molecular formula is C14H17N3O2. The first kappa shape index (κ1) is 13.2. The third kappa shape index (κ3) is 2.95. The van der Waals surface area contributed by atoms with E-state index >= 15 is 0 Å². The first-order valence-corrected chi connectivity index (χ1v) is 5.98. The number of pyridine rings is 1. The second-order valence-electron chi connectivity index (χ2n) is 3.94. The van der Waals surface area contributed by atoms with Crippen LogP contribution in [-0.4, -0.2) is 25.2 Å². The molecule has 0 bridgehead atoms. The zero-order valence-electron chi connectivity index (χ0n) is 10.8. The first-order valence-electron chi connectivity index (χ1n) is 5.98. The monoisotopic (exact) mass is 259 g/mol. The maximum atomic E-state index is 5.77. The van der Waals surface area contributed by atoms with Gasteiger partial charge in [0.2, 0.25) is 0 Å². The highest BCUT2D eigenvalue weighted by Gasteiger charge is 2.09. The molecule has 19 heavy (non-hydrogen) atoms.